The number of H-pyrrole nitrogens is 1. The summed E-state index contributed by atoms with van der Waals surface area (Å²) in [5.41, 5.74) is 0.0404. The lowest BCUT2D eigenvalue weighted by molar-refractivity contribution is 0.241. The fourth-order valence-corrected chi connectivity index (χ4v) is 2.74. The van der Waals surface area contributed by atoms with Crippen molar-refractivity contribution >= 4 is 17.1 Å². The van der Waals surface area contributed by atoms with Crippen LogP contribution in [0.1, 0.15) is 6.92 Å². The first-order valence-electron chi connectivity index (χ1n) is 7.73. The van der Waals surface area contributed by atoms with Crippen LogP contribution in [0.25, 0.3) is 28.0 Å². The molecule has 0 atom stereocenters. The quantitative estimate of drug-likeness (QED) is 0.572. The molecule has 2 aliphatic rings. The number of fused-ring (bicyclic) bond motifs is 3. The molecule has 2 aliphatic heterocycles. The van der Waals surface area contributed by atoms with Gasteiger partial charge in [0.25, 0.3) is 5.56 Å². The van der Waals surface area contributed by atoms with Gasteiger partial charge in [0.15, 0.2) is 5.82 Å². The van der Waals surface area contributed by atoms with E-state index in [-0.39, 0.29) is 16.9 Å². The minimum absolute atomic E-state index is 0.170. The number of pyridine rings is 1. The lowest BCUT2D eigenvalue weighted by Crippen LogP contribution is -2.29. The molecule has 2 aromatic rings. The molecule has 1 amide bonds. The van der Waals surface area contributed by atoms with E-state index in [1.165, 1.54) is 12.4 Å². The molecule has 4 rings (SSSR count). The van der Waals surface area contributed by atoms with Crippen LogP contribution in [0.2, 0.25) is 0 Å². The smallest absolute Gasteiger partial charge is 0.344 e. The van der Waals surface area contributed by atoms with E-state index in [0.29, 0.717) is 23.6 Å². The minimum Gasteiger partial charge on any atom is -0.345 e. The Balaban J connectivity index is 1.95. The summed E-state index contributed by atoms with van der Waals surface area (Å²) in [4.78, 5) is 27.4. The summed E-state index contributed by atoms with van der Waals surface area (Å²) >= 11 is 0. The molecule has 0 fully saturated rings. The van der Waals surface area contributed by atoms with Crippen molar-refractivity contribution in [1.82, 2.24) is 29.9 Å². The zero-order valence-corrected chi connectivity index (χ0v) is 13.5. The van der Waals surface area contributed by atoms with E-state index < -0.39 is 23.2 Å². The van der Waals surface area contributed by atoms with Gasteiger partial charge in [-0.2, -0.15) is 19.6 Å². The van der Waals surface area contributed by atoms with Gasteiger partial charge in [0, 0.05) is 18.8 Å². The number of hydrogen-bond donors (Lipinski definition) is 2. The first-order chi connectivity index (χ1) is 12.5. The van der Waals surface area contributed by atoms with E-state index in [2.05, 4.69) is 20.5 Å². The molecule has 8 nitrogen and oxygen atoms in total. The van der Waals surface area contributed by atoms with Gasteiger partial charge in [0.2, 0.25) is 0 Å². The fourth-order valence-electron chi connectivity index (χ4n) is 2.74. The number of halogens is 2. The molecular weight excluding hydrogens is 346 g/mol. The summed E-state index contributed by atoms with van der Waals surface area (Å²) in [6, 6.07) is 2.41. The highest BCUT2D eigenvalue weighted by Crippen LogP contribution is 2.26. The predicted octanol–water partition coefficient (Wildman–Crippen LogP) is 1.87. The van der Waals surface area contributed by atoms with Crippen LogP contribution in [0.5, 0.6) is 0 Å². The average Bonchev–Trinajstić information content (AvgIpc) is 3.17. The van der Waals surface area contributed by atoms with E-state index in [0.717, 1.165) is 21.5 Å². The Morgan fingerprint density at radius 3 is 2.88 bits per heavy atom. The van der Waals surface area contributed by atoms with E-state index in [1.54, 1.807) is 6.92 Å². The second kappa shape index (κ2) is 5.76. The van der Waals surface area contributed by atoms with E-state index in [4.69, 9.17) is 0 Å². The SMILES string of the molecule is CCNC(=O)n1ncc2c3nn(-c4ccc(F)cc4F)c(=O)c-3c[nH]c21. The Labute approximate surface area is 144 Å². The maximum atomic E-state index is 14.0. The third-order valence-electron chi connectivity index (χ3n) is 3.91. The summed E-state index contributed by atoms with van der Waals surface area (Å²) in [5, 5.41) is 11.2. The third kappa shape index (κ3) is 2.26. The summed E-state index contributed by atoms with van der Waals surface area (Å²) < 4.78 is 29.1. The Kier molecular flexibility index (Phi) is 3.53. The molecule has 0 bridgehead atoms. The highest BCUT2D eigenvalue weighted by molar-refractivity contribution is 5.95. The predicted molar refractivity (Wildman–Crippen MR) is 88.5 cm³/mol. The van der Waals surface area contributed by atoms with Crippen LogP contribution in [-0.4, -0.2) is 37.1 Å². The summed E-state index contributed by atoms with van der Waals surface area (Å²) in [7, 11) is 0. The number of benzene rings is 1. The molecular formula is C16H12F2N6O2. The second-order valence-corrected chi connectivity index (χ2v) is 5.52. The Morgan fingerprint density at radius 1 is 1.35 bits per heavy atom. The molecule has 26 heavy (non-hydrogen) atoms. The Morgan fingerprint density at radius 2 is 2.15 bits per heavy atom. The maximum Gasteiger partial charge on any atom is 0.344 e. The standard InChI is InChI=1S/C16H12F2N6O2/c1-2-19-16(26)24-14-9(7-21-24)13-10(6-20-14)15(25)23(22-13)12-4-3-8(17)5-11(12)18/h3-7,20H,2H2,1H3,(H,19,26). The second-order valence-electron chi connectivity index (χ2n) is 5.52. The topological polar surface area (TPSA) is 97.6 Å². The average molecular weight is 358 g/mol. The minimum atomic E-state index is -0.909. The van der Waals surface area contributed by atoms with Crippen LogP contribution in [0.15, 0.2) is 35.4 Å². The molecule has 2 N–H and O–H groups in total. The lowest BCUT2D eigenvalue weighted by Gasteiger charge is -2.03. The van der Waals surface area contributed by atoms with Gasteiger partial charge in [-0.25, -0.2) is 13.6 Å². The van der Waals surface area contributed by atoms with Crippen LogP contribution >= 0.6 is 0 Å². The molecule has 3 heterocycles. The summed E-state index contributed by atoms with van der Waals surface area (Å²) in [6.45, 7) is 2.19. The molecule has 0 aliphatic carbocycles. The van der Waals surface area contributed by atoms with E-state index in [1.807, 2.05) is 0 Å². The van der Waals surface area contributed by atoms with Crippen molar-refractivity contribution in [2.45, 2.75) is 6.92 Å². The van der Waals surface area contributed by atoms with Crippen molar-refractivity contribution in [3.63, 3.8) is 0 Å². The molecule has 10 heteroatoms. The van der Waals surface area contributed by atoms with Crippen molar-refractivity contribution in [3.8, 4) is 16.9 Å². The van der Waals surface area contributed by atoms with Crippen LogP contribution in [0.3, 0.4) is 0 Å². The summed E-state index contributed by atoms with van der Waals surface area (Å²) in [5.74, 6) is -1.66. The van der Waals surface area contributed by atoms with E-state index in [9.17, 15) is 18.4 Å². The monoisotopic (exact) mass is 358 g/mol. The number of aromatic nitrogens is 5. The number of rotatable bonds is 2. The van der Waals surface area contributed by atoms with Crippen molar-refractivity contribution in [2.75, 3.05) is 6.54 Å². The molecule has 0 saturated carbocycles. The van der Waals surface area contributed by atoms with Gasteiger partial charge >= 0.3 is 6.03 Å². The van der Waals surface area contributed by atoms with Gasteiger partial charge in [-0.05, 0) is 19.1 Å². The van der Waals surface area contributed by atoms with Crippen molar-refractivity contribution in [3.05, 3.63) is 52.6 Å². The zero-order valence-electron chi connectivity index (χ0n) is 13.5. The molecule has 0 saturated heterocycles. The van der Waals surface area contributed by atoms with Crippen LogP contribution < -0.4 is 10.9 Å². The lowest BCUT2D eigenvalue weighted by atomic mass is 10.2. The molecule has 132 valence electrons. The molecule has 1 aromatic heterocycles. The van der Waals surface area contributed by atoms with Gasteiger partial charge < -0.3 is 10.3 Å². The van der Waals surface area contributed by atoms with Crippen molar-refractivity contribution < 1.29 is 13.6 Å². The molecule has 0 unspecified atom stereocenters. The first-order valence-corrected chi connectivity index (χ1v) is 7.73. The van der Waals surface area contributed by atoms with Crippen LogP contribution in [-0.2, 0) is 0 Å². The number of hydrogen-bond acceptors (Lipinski definition) is 4. The normalized spacial score (nSPS) is 11.3. The Hall–Kier alpha value is -3.56. The molecule has 0 radical (unpaired) electrons. The highest BCUT2D eigenvalue weighted by atomic mass is 19.1. The number of carbonyl (C=O) groups is 1. The van der Waals surface area contributed by atoms with Gasteiger partial charge in [-0.1, -0.05) is 0 Å². The van der Waals surface area contributed by atoms with Gasteiger partial charge in [-0.3, -0.25) is 4.79 Å². The molecule has 0 spiro atoms. The van der Waals surface area contributed by atoms with Crippen molar-refractivity contribution in [1.29, 1.82) is 0 Å². The van der Waals surface area contributed by atoms with Crippen molar-refractivity contribution in [2.24, 2.45) is 0 Å². The summed E-state index contributed by atoms with van der Waals surface area (Å²) in [6.07, 6.45) is 2.77. The number of amides is 1. The third-order valence-corrected chi connectivity index (χ3v) is 3.91. The number of nitrogens with zero attached hydrogens (tertiary/aromatic N) is 4. The highest BCUT2D eigenvalue weighted by Gasteiger charge is 2.23. The number of nitrogens with one attached hydrogen (secondary N) is 2. The van der Waals surface area contributed by atoms with Gasteiger partial charge in [0.05, 0.1) is 17.1 Å². The number of aromatic amines is 1. The van der Waals surface area contributed by atoms with Gasteiger partial charge in [-0.15, -0.1) is 0 Å². The number of carbonyl (C=O) groups excluding carboxylic acids is 1. The van der Waals surface area contributed by atoms with Gasteiger partial charge in [0.1, 0.15) is 22.8 Å². The van der Waals surface area contributed by atoms with E-state index >= 15 is 0 Å². The first kappa shape index (κ1) is 15.9. The fraction of sp³-hybridized carbons (Fsp3) is 0.125. The Bertz CT molecular complexity index is 1180. The van der Waals surface area contributed by atoms with Crippen LogP contribution in [0.4, 0.5) is 13.6 Å². The zero-order chi connectivity index (χ0) is 18.4. The maximum absolute atomic E-state index is 14.0. The molecule has 1 aromatic carbocycles. The van der Waals surface area contributed by atoms with Crippen LogP contribution in [0, 0.1) is 11.6 Å². The largest absolute Gasteiger partial charge is 0.345 e.